The van der Waals surface area contributed by atoms with Crippen molar-refractivity contribution < 1.29 is 9.53 Å². The molecule has 2 aromatic rings. The van der Waals surface area contributed by atoms with Gasteiger partial charge < -0.3 is 10.5 Å². The van der Waals surface area contributed by atoms with Crippen LogP contribution in [-0.2, 0) is 4.79 Å². The number of ether oxygens (including phenoxy) is 1. The molecule has 5 heteroatoms. The minimum atomic E-state index is -0.889. The number of carbonyl (C=O) groups is 1. The van der Waals surface area contributed by atoms with Gasteiger partial charge in [-0.15, -0.1) is 0 Å². The Morgan fingerprint density at radius 2 is 1.96 bits per heavy atom. The van der Waals surface area contributed by atoms with Gasteiger partial charge in [0.25, 0.3) is 5.91 Å². The number of hydrogen-bond acceptors (Lipinski definition) is 4. The number of nitrogens with zero attached hydrogens (tertiary/aromatic N) is 2. The number of aliphatic imine (C=N–C) groups is 1. The molecule has 2 unspecified atom stereocenters. The Bertz CT molecular complexity index is 773. The molecule has 1 amide bonds. The molecule has 0 saturated heterocycles. The van der Waals surface area contributed by atoms with Gasteiger partial charge in [-0.2, -0.15) is 0 Å². The minimum Gasteiger partial charge on any atom is -0.491 e. The van der Waals surface area contributed by atoms with Gasteiger partial charge in [0.05, 0.1) is 18.3 Å². The normalized spacial score (nSPS) is 22.8. The topological polar surface area (TPSA) is 67.9 Å². The highest BCUT2D eigenvalue weighted by Crippen LogP contribution is 2.42. The Hall–Kier alpha value is -2.66. The van der Waals surface area contributed by atoms with Crippen LogP contribution in [-0.4, -0.2) is 24.9 Å². The van der Waals surface area contributed by atoms with Crippen molar-refractivity contribution in [1.29, 1.82) is 0 Å². The van der Waals surface area contributed by atoms with E-state index in [1.165, 1.54) is 0 Å². The van der Waals surface area contributed by atoms with Crippen molar-refractivity contribution in [2.24, 2.45) is 10.7 Å². The Labute approximate surface area is 134 Å². The molecule has 2 aliphatic heterocycles. The van der Waals surface area contributed by atoms with Crippen LogP contribution >= 0.6 is 0 Å². The molecule has 4 rings (SSSR count). The molecule has 5 nitrogen and oxygen atoms in total. The maximum atomic E-state index is 12.9. The zero-order valence-corrected chi connectivity index (χ0v) is 12.6. The number of carbonyl (C=O) groups excluding carboxylic acids is 1. The lowest BCUT2D eigenvalue weighted by Crippen LogP contribution is -2.44. The fourth-order valence-corrected chi connectivity index (χ4v) is 3.20. The molecular weight excluding hydrogens is 290 g/mol. The van der Waals surface area contributed by atoms with Gasteiger partial charge in [0.1, 0.15) is 5.75 Å². The highest BCUT2D eigenvalue weighted by atomic mass is 16.5. The summed E-state index contributed by atoms with van der Waals surface area (Å²) in [5, 5.41) is 0. The molecule has 0 aromatic heterocycles. The van der Waals surface area contributed by atoms with E-state index in [1.807, 2.05) is 48.5 Å². The number of benzene rings is 2. The lowest BCUT2D eigenvalue weighted by atomic mass is 10.0. The summed E-state index contributed by atoms with van der Waals surface area (Å²) in [6, 6.07) is 15.6. The van der Waals surface area contributed by atoms with Crippen molar-refractivity contribution >= 4 is 17.8 Å². The highest BCUT2D eigenvalue weighted by molar-refractivity contribution is 6.07. The molecule has 0 spiro atoms. The average molecular weight is 307 g/mol. The smallest absolute Gasteiger partial charge is 0.267 e. The first-order chi connectivity index (χ1) is 11.3. The number of para-hydroxylation sites is 1. The van der Waals surface area contributed by atoms with E-state index in [2.05, 4.69) is 4.99 Å². The molecule has 0 fully saturated rings. The summed E-state index contributed by atoms with van der Waals surface area (Å²) in [5.41, 5.74) is 8.65. The monoisotopic (exact) mass is 307 g/mol. The molecule has 2 aromatic carbocycles. The van der Waals surface area contributed by atoms with E-state index >= 15 is 0 Å². The molecule has 2 atom stereocenters. The van der Waals surface area contributed by atoms with E-state index in [9.17, 15) is 4.79 Å². The average Bonchev–Trinajstić information content (AvgIpc) is 2.86. The summed E-state index contributed by atoms with van der Waals surface area (Å²) in [6.45, 7) is 0.548. The van der Waals surface area contributed by atoms with Crippen LogP contribution in [0.2, 0.25) is 0 Å². The van der Waals surface area contributed by atoms with Gasteiger partial charge >= 0.3 is 0 Å². The van der Waals surface area contributed by atoms with Gasteiger partial charge in [0.2, 0.25) is 0 Å². The van der Waals surface area contributed by atoms with Crippen molar-refractivity contribution in [3.63, 3.8) is 0 Å². The molecule has 116 valence electrons. The second-order valence-corrected chi connectivity index (χ2v) is 5.69. The maximum absolute atomic E-state index is 12.9. The van der Waals surface area contributed by atoms with Crippen molar-refractivity contribution in [3.8, 4) is 5.75 Å². The van der Waals surface area contributed by atoms with Crippen LogP contribution in [0.4, 0.5) is 5.69 Å². The molecular formula is C18H17N3O2. The summed E-state index contributed by atoms with van der Waals surface area (Å²) < 4.78 is 5.89. The predicted molar refractivity (Wildman–Crippen MR) is 88.8 cm³/mol. The van der Waals surface area contributed by atoms with Crippen molar-refractivity contribution in [2.75, 3.05) is 11.5 Å². The van der Waals surface area contributed by atoms with Crippen molar-refractivity contribution in [2.45, 2.75) is 18.6 Å². The molecule has 2 heterocycles. The number of rotatable bonds is 1. The van der Waals surface area contributed by atoms with Gasteiger partial charge in [0, 0.05) is 18.2 Å². The number of nitrogens with two attached hydrogens (primary N) is 1. The number of amides is 1. The highest BCUT2D eigenvalue weighted by Gasteiger charge is 2.36. The fourth-order valence-electron chi connectivity index (χ4n) is 3.20. The van der Waals surface area contributed by atoms with Gasteiger partial charge in [-0.3, -0.25) is 14.7 Å². The number of hydrogen-bond donors (Lipinski definition) is 1. The molecule has 0 aliphatic carbocycles. The Balaban J connectivity index is 1.92. The summed E-state index contributed by atoms with van der Waals surface area (Å²) in [5.74, 6) is 0.502. The third-order valence-corrected chi connectivity index (χ3v) is 4.28. The van der Waals surface area contributed by atoms with Crippen LogP contribution in [0.5, 0.6) is 5.75 Å². The number of anilines is 1. The van der Waals surface area contributed by atoms with Crippen LogP contribution in [0.25, 0.3) is 0 Å². The second-order valence-electron chi connectivity index (χ2n) is 5.69. The molecule has 2 aliphatic rings. The van der Waals surface area contributed by atoms with E-state index in [0.29, 0.717) is 18.8 Å². The van der Waals surface area contributed by atoms with Gasteiger partial charge in [-0.05, 0) is 11.6 Å². The first kappa shape index (κ1) is 14.0. The summed E-state index contributed by atoms with van der Waals surface area (Å²) in [4.78, 5) is 18.8. The zero-order chi connectivity index (χ0) is 15.8. The third-order valence-electron chi connectivity index (χ3n) is 4.28. The van der Waals surface area contributed by atoms with Crippen molar-refractivity contribution in [3.05, 3.63) is 59.7 Å². The third kappa shape index (κ3) is 2.29. The maximum Gasteiger partial charge on any atom is 0.267 e. The molecule has 2 N–H and O–H groups in total. The van der Waals surface area contributed by atoms with Crippen LogP contribution in [0, 0.1) is 0 Å². The predicted octanol–water partition coefficient (Wildman–Crippen LogP) is 2.26. The van der Waals surface area contributed by atoms with E-state index in [0.717, 1.165) is 16.8 Å². The first-order valence-electron chi connectivity index (χ1n) is 7.68. The first-order valence-corrected chi connectivity index (χ1v) is 7.68. The van der Waals surface area contributed by atoms with Gasteiger partial charge in [-0.25, -0.2) is 0 Å². The minimum absolute atomic E-state index is 0.112. The van der Waals surface area contributed by atoms with Gasteiger partial charge in [0.15, 0.2) is 6.17 Å². The lowest BCUT2D eigenvalue weighted by Gasteiger charge is -2.31. The molecule has 0 radical (unpaired) electrons. The Kier molecular flexibility index (Phi) is 3.35. The van der Waals surface area contributed by atoms with E-state index in [1.54, 1.807) is 11.1 Å². The fraction of sp³-hybridized carbons (Fsp3) is 0.222. The van der Waals surface area contributed by atoms with Crippen LogP contribution in [0.15, 0.2) is 53.5 Å². The molecule has 0 saturated carbocycles. The van der Waals surface area contributed by atoms with Crippen LogP contribution in [0.3, 0.4) is 0 Å². The quantitative estimate of drug-likeness (QED) is 0.878. The largest absolute Gasteiger partial charge is 0.491 e. The second kappa shape index (κ2) is 5.52. The summed E-state index contributed by atoms with van der Waals surface area (Å²) >= 11 is 0. The van der Waals surface area contributed by atoms with Crippen molar-refractivity contribution in [1.82, 2.24) is 0 Å². The standard InChI is InChI=1S/C18H17N3O2/c19-17-18(22)21-14(12-5-2-1-3-6-12)9-10-23-15-8-4-7-13(11-20-17)16(15)21/h1-8,11,14,17H,9-10,19H2. The Morgan fingerprint density at radius 1 is 1.13 bits per heavy atom. The molecule has 23 heavy (non-hydrogen) atoms. The zero-order valence-electron chi connectivity index (χ0n) is 12.6. The molecule has 0 bridgehead atoms. The van der Waals surface area contributed by atoms with Crippen LogP contribution < -0.4 is 15.4 Å². The summed E-state index contributed by atoms with van der Waals surface area (Å²) in [7, 11) is 0. The van der Waals surface area contributed by atoms with E-state index < -0.39 is 6.17 Å². The van der Waals surface area contributed by atoms with Gasteiger partial charge in [-0.1, -0.05) is 42.5 Å². The van der Waals surface area contributed by atoms with Crippen LogP contribution in [0.1, 0.15) is 23.6 Å². The SMILES string of the molecule is NC1N=Cc2cccc3c2N(C1=O)C(c1ccccc1)CCO3. The van der Waals surface area contributed by atoms with E-state index in [-0.39, 0.29) is 11.9 Å². The Morgan fingerprint density at radius 3 is 2.78 bits per heavy atom. The van der Waals surface area contributed by atoms with E-state index in [4.69, 9.17) is 10.5 Å². The lowest BCUT2D eigenvalue weighted by molar-refractivity contribution is -0.120. The summed E-state index contributed by atoms with van der Waals surface area (Å²) in [6.07, 6.45) is 1.48.